The van der Waals surface area contributed by atoms with Crippen molar-refractivity contribution in [1.82, 2.24) is 4.98 Å². The molecule has 0 atom stereocenters. The van der Waals surface area contributed by atoms with Crippen molar-refractivity contribution < 1.29 is 0 Å². The summed E-state index contributed by atoms with van der Waals surface area (Å²) in [5.41, 5.74) is 9.58. The van der Waals surface area contributed by atoms with Gasteiger partial charge in [-0.2, -0.15) is 0 Å². The van der Waals surface area contributed by atoms with Crippen LogP contribution in [-0.4, -0.2) is 19.1 Å². The van der Waals surface area contributed by atoms with E-state index in [0.717, 1.165) is 22.9 Å². The SMILES string of the molecule is C=C1N(C)c2ccccc2N1c1cnc(N(C)N)c(N)c1. The van der Waals surface area contributed by atoms with Crippen molar-refractivity contribution in [3.8, 4) is 0 Å². The summed E-state index contributed by atoms with van der Waals surface area (Å²) in [4.78, 5) is 8.39. The van der Waals surface area contributed by atoms with Gasteiger partial charge < -0.3 is 10.6 Å². The Labute approximate surface area is 123 Å². The highest BCUT2D eigenvalue weighted by molar-refractivity contribution is 5.88. The fraction of sp³-hybridized carbons (Fsp3) is 0.133. The van der Waals surface area contributed by atoms with Gasteiger partial charge in [0.2, 0.25) is 0 Å². The average molecular weight is 282 g/mol. The summed E-state index contributed by atoms with van der Waals surface area (Å²) < 4.78 is 0. The second-order valence-electron chi connectivity index (χ2n) is 5.02. The van der Waals surface area contributed by atoms with Gasteiger partial charge in [0, 0.05) is 14.1 Å². The highest BCUT2D eigenvalue weighted by Crippen LogP contribution is 2.44. The lowest BCUT2D eigenvalue weighted by molar-refractivity contribution is 0.977. The van der Waals surface area contributed by atoms with E-state index in [0.29, 0.717) is 11.5 Å². The van der Waals surface area contributed by atoms with Gasteiger partial charge in [0.15, 0.2) is 5.82 Å². The zero-order valence-corrected chi connectivity index (χ0v) is 12.1. The smallest absolute Gasteiger partial charge is 0.165 e. The molecule has 0 bridgehead atoms. The zero-order valence-electron chi connectivity index (χ0n) is 12.1. The van der Waals surface area contributed by atoms with Crippen molar-refractivity contribution in [3.63, 3.8) is 0 Å². The van der Waals surface area contributed by atoms with Crippen LogP contribution in [0.15, 0.2) is 48.9 Å². The molecule has 1 aromatic carbocycles. The van der Waals surface area contributed by atoms with Gasteiger partial charge in [0.25, 0.3) is 0 Å². The number of hydrogen-bond donors (Lipinski definition) is 2. The maximum absolute atomic E-state index is 6.04. The minimum atomic E-state index is 0.525. The van der Waals surface area contributed by atoms with E-state index >= 15 is 0 Å². The number of nitrogens with two attached hydrogens (primary N) is 2. The van der Waals surface area contributed by atoms with E-state index in [2.05, 4.69) is 17.6 Å². The summed E-state index contributed by atoms with van der Waals surface area (Å²) in [6, 6.07) is 9.96. The topological polar surface area (TPSA) is 74.6 Å². The average Bonchev–Trinajstić information content (AvgIpc) is 2.71. The molecule has 1 aliphatic heterocycles. The summed E-state index contributed by atoms with van der Waals surface area (Å²) in [6.07, 6.45) is 1.75. The number of rotatable bonds is 2. The van der Waals surface area contributed by atoms with Crippen LogP contribution in [0, 0.1) is 0 Å². The van der Waals surface area contributed by atoms with Gasteiger partial charge in [-0.15, -0.1) is 0 Å². The molecule has 6 nitrogen and oxygen atoms in total. The van der Waals surface area contributed by atoms with Gasteiger partial charge in [-0.05, 0) is 18.2 Å². The lowest BCUT2D eigenvalue weighted by Gasteiger charge is -2.23. The van der Waals surface area contributed by atoms with Crippen LogP contribution in [0.2, 0.25) is 0 Å². The first-order valence-corrected chi connectivity index (χ1v) is 6.56. The second-order valence-corrected chi connectivity index (χ2v) is 5.02. The van der Waals surface area contributed by atoms with Crippen molar-refractivity contribution in [1.29, 1.82) is 0 Å². The molecule has 2 heterocycles. The van der Waals surface area contributed by atoms with E-state index in [1.54, 1.807) is 13.2 Å². The summed E-state index contributed by atoms with van der Waals surface area (Å²) in [5, 5.41) is 1.40. The second kappa shape index (κ2) is 4.68. The molecule has 1 aliphatic rings. The molecule has 0 spiro atoms. The van der Waals surface area contributed by atoms with E-state index in [1.807, 2.05) is 41.1 Å². The normalized spacial score (nSPS) is 13.6. The molecule has 21 heavy (non-hydrogen) atoms. The van der Waals surface area contributed by atoms with E-state index < -0.39 is 0 Å². The maximum atomic E-state index is 6.04. The van der Waals surface area contributed by atoms with Crippen LogP contribution >= 0.6 is 0 Å². The van der Waals surface area contributed by atoms with Gasteiger partial charge in [0.1, 0.15) is 5.82 Å². The molecule has 0 unspecified atom stereocenters. The Morgan fingerprint density at radius 2 is 1.90 bits per heavy atom. The molecule has 108 valence electrons. The third-order valence-electron chi connectivity index (χ3n) is 3.60. The Hall–Kier alpha value is -2.73. The van der Waals surface area contributed by atoms with Gasteiger partial charge >= 0.3 is 0 Å². The Bertz CT molecular complexity index is 709. The van der Waals surface area contributed by atoms with Crippen molar-refractivity contribution in [2.75, 3.05) is 34.6 Å². The Balaban J connectivity index is 2.09. The molecule has 0 fully saturated rings. The van der Waals surface area contributed by atoms with E-state index in [1.165, 1.54) is 5.01 Å². The number of hydrazine groups is 1. The quantitative estimate of drug-likeness (QED) is 0.648. The molecule has 3 rings (SSSR count). The Kier molecular flexibility index (Phi) is 2.95. The van der Waals surface area contributed by atoms with E-state index in [4.69, 9.17) is 11.6 Å². The van der Waals surface area contributed by atoms with Crippen molar-refractivity contribution in [2.45, 2.75) is 0 Å². The fourth-order valence-electron chi connectivity index (χ4n) is 2.53. The van der Waals surface area contributed by atoms with Crippen LogP contribution in [0.4, 0.5) is 28.6 Å². The van der Waals surface area contributed by atoms with Crippen LogP contribution in [0.5, 0.6) is 0 Å². The molecule has 0 aliphatic carbocycles. The first-order valence-electron chi connectivity index (χ1n) is 6.56. The van der Waals surface area contributed by atoms with Crippen LogP contribution < -0.4 is 26.4 Å². The van der Waals surface area contributed by atoms with Crippen molar-refractivity contribution in [2.24, 2.45) is 5.84 Å². The molecular formula is C15H18N6. The first-order chi connectivity index (χ1) is 10.0. The number of benzene rings is 1. The lowest BCUT2D eigenvalue weighted by atomic mass is 10.2. The van der Waals surface area contributed by atoms with Crippen LogP contribution in [0.25, 0.3) is 0 Å². The number of aromatic nitrogens is 1. The van der Waals surface area contributed by atoms with Gasteiger partial charge in [-0.1, -0.05) is 18.7 Å². The zero-order chi connectivity index (χ0) is 15.1. The lowest BCUT2D eigenvalue weighted by Crippen LogP contribution is -2.27. The largest absolute Gasteiger partial charge is 0.396 e. The monoisotopic (exact) mass is 282 g/mol. The Morgan fingerprint density at radius 3 is 2.52 bits per heavy atom. The summed E-state index contributed by atoms with van der Waals surface area (Å²) >= 11 is 0. The molecule has 0 saturated carbocycles. The third kappa shape index (κ3) is 1.96. The van der Waals surface area contributed by atoms with Gasteiger partial charge in [-0.25, -0.2) is 10.8 Å². The molecule has 0 radical (unpaired) electrons. The van der Waals surface area contributed by atoms with Crippen LogP contribution in [0.3, 0.4) is 0 Å². The minimum Gasteiger partial charge on any atom is -0.396 e. The molecule has 6 heteroatoms. The number of nitrogens with zero attached hydrogens (tertiary/aromatic N) is 4. The number of pyridine rings is 1. The van der Waals surface area contributed by atoms with E-state index in [9.17, 15) is 0 Å². The third-order valence-corrected chi connectivity index (χ3v) is 3.60. The number of para-hydroxylation sites is 2. The highest BCUT2D eigenvalue weighted by Gasteiger charge is 2.28. The molecule has 2 aromatic rings. The number of nitrogen functional groups attached to an aromatic ring is 1. The molecular weight excluding hydrogens is 264 g/mol. The first kappa shape index (κ1) is 13.3. The standard InChI is InChI=1S/C15H18N6/c1-10-19(2)13-6-4-5-7-14(13)21(10)11-8-12(16)15(18-9-11)20(3)17/h4-9H,1,16-17H2,2-3H3. The van der Waals surface area contributed by atoms with E-state index in [-0.39, 0.29) is 0 Å². The predicted octanol–water partition coefficient (Wildman–Crippen LogP) is 2.03. The van der Waals surface area contributed by atoms with Crippen LogP contribution in [-0.2, 0) is 0 Å². The molecule has 4 N–H and O–H groups in total. The predicted molar refractivity (Wildman–Crippen MR) is 87.4 cm³/mol. The molecule has 1 aromatic heterocycles. The number of hydrogen-bond acceptors (Lipinski definition) is 6. The summed E-state index contributed by atoms with van der Waals surface area (Å²) in [6.45, 7) is 4.14. The number of fused-ring (bicyclic) bond motifs is 1. The summed E-state index contributed by atoms with van der Waals surface area (Å²) in [7, 11) is 3.69. The highest BCUT2D eigenvalue weighted by atomic mass is 15.4. The van der Waals surface area contributed by atoms with Crippen molar-refractivity contribution in [3.05, 3.63) is 48.9 Å². The molecule has 0 amide bonds. The van der Waals surface area contributed by atoms with Crippen LogP contribution in [0.1, 0.15) is 0 Å². The Morgan fingerprint density at radius 1 is 1.24 bits per heavy atom. The van der Waals surface area contributed by atoms with Gasteiger partial charge in [0.05, 0.1) is 28.9 Å². The number of anilines is 5. The molecule has 0 saturated heterocycles. The minimum absolute atomic E-state index is 0.525. The van der Waals surface area contributed by atoms with Gasteiger partial charge in [-0.3, -0.25) is 9.91 Å². The fourth-order valence-corrected chi connectivity index (χ4v) is 2.53. The maximum Gasteiger partial charge on any atom is 0.165 e. The van der Waals surface area contributed by atoms with Crippen molar-refractivity contribution >= 4 is 28.6 Å². The summed E-state index contributed by atoms with van der Waals surface area (Å²) in [5.74, 6) is 7.09.